The summed E-state index contributed by atoms with van der Waals surface area (Å²) < 4.78 is 0. The molecule has 1 atom stereocenters. The molecule has 0 radical (unpaired) electrons. The Morgan fingerprint density at radius 1 is 1.35 bits per heavy atom. The van der Waals surface area contributed by atoms with Crippen LogP contribution in [-0.4, -0.2) is 52.9 Å². The van der Waals surface area contributed by atoms with Gasteiger partial charge in [-0.1, -0.05) is 6.42 Å². The lowest BCUT2D eigenvalue weighted by atomic mass is 9.99. The third-order valence-electron chi connectivity index (χ3n) is 4.28. The minimum Gasteiger partial charge on any atom is -0.336 e. The summed E-state index contributed by atoms with van der Waals surface area (Å²) in [5.74, 6) is 5.94. The van der Waals surface area contributed by atoms with Crippen LogP contribution in [0.25, 0.3) is 0 Å². The van der Waals surface area contributed by atoms with E-state index in [4.69, 9.17) is 5.84 Å². The number of hydrazine groups is 1. The Labute approximate surface area is 118 Å². The minimum absolute atomic E-state index is 0.0779. The van der Waals surface area contributed by atoms with Crippen molar-refractivity contribution in [3.05, 3.63) is 23.9 Å². The first kappa shape index (κ1) is 13.3. The highest BCUT2D eigenvalue weighted by Crippen LogP contribution is 2.22. The predicted molar refractivity (Wildman–Crippen MR) is 77.2 cm³/mol. The molecule has 1 aromatic rings. The lowest BCUT2D eigenvalue weighted by Crippen LogP contribution is -2.56. The summed E-state index contributed by atoms with van der Waals surface area (Å²) in [5, 5.41) is 0. The van der Waals surface area contributed by atoms with Crippen LogP contribution in [0.5, 0.6) is 0 Å². The van der Waals surface area contributed by atoms with Gasteiger partial charge in [0.05, 0.1) is 0 Å². The van der Waals surface area contributed by atoms with Crippen LogP contribution < -0.4 is 11.3 Å². The van der Waals surface area contributed by atoms with E-state index >= 15 is 0 Å². The van der Waals surface area contributed by atoms with Gasteiger partial charge in [-0.2, -0.15) is 0 Å². The molecule has 3 N–H and O–H groups in total. The van der Waals surface area contributed by atoms with Gasteiger partial charge in [-0.05, 0) is 31.5 Å². The van der Waals surface area contributed by atoms with Gasteiger partial charge in [-0.15, -0.1) is 0 Å². The number of carbonyl (C=O) groups excluding carboxylic acids is 1. The van der Waals surface area contributed by atoms with E-state index in [9.17, 15) is 4.79 Å². The average molecular weight is 275 g/mol. The molecule has 0 aromatic carbocycles. The number of fused-ring (bicyclic) bond motifs is 1. The normalized spacial score (nSPS) is 23.2. The molecular weight excluding hydrogens is 254 g/mol. The Hall–Kier alpha value is -1.66. The molecule has 3 heterocycles. The van der Waals surface area contributed by atoms with E-state index in [2.05, 4.69) is 15.3 Å². The van der Waals surface area contributed by atoms with Crippen LogP contribution in [0.3, 0.4) is 0 Å². The van der Waals surface area contributed by atoms with Crippen LogP contribution in [0.15, 0.2) is 18.3 Å². The van der Waals surface area contributed by atoms with Gasteiger partial charge in [-0.3, -0.25) is 9.69 Å². The van der Waals surface area contributed by atoms with Crippen LogP contribution in [0, 0.1) is 0 Å². The van der Waals surface area contributed by atoms with Crippen LogP contribution in [-0.2, 0) is 0 Å². The summed E-state index contributed by atoms with van der Waals surface area (Å²) in [5.41, 5.74) is 3.13. The van der Waals surface area contributed by atoms with Gasteiger partial charge in [0.15, 0.2) is 0 Å². The SMILES string of the molecule is NNc1cc(C(=O)N2CCN3CCCCC3C2)ccn1. The minimum atomic E-state index is 0.0779. The zero-order valence-corrected chi connectivity index (χ0v) is 11.6. The fourth-order valence-corrected chi connectivity index (χ4v) is 3.17. The Morgan fingerprint density at radius 3 is 3.10 bits per heavy atom. The van der Waals surface area contributed by atoms with Crippen molar-refractivity contribution in [2.45, 2.75) is 25.3 Å². The van der Waals surface area contributed by atoms with E-state index in [0.717, 1.165) is 19.6 Å². The Bertz CT molecular complexity index is 492. The number of piperazine rings is 1. The molecule has 1 amide bonds. The van der Waals surface area contributed by atoms with Crippen LogP contribution >= 0.6 is 0 Å². The first-order valence-electron chi connectivity index (χ1n) is 7.24. The average Bonchev–Trinajstić information content (AvgIpc) is 2.53. The number of anilines is 1. The molecule has 6 nitrogen and oxygen atoms in total. The van der Waals surface area contributed by atoms with Gasteiger partial charge in [-0.25, -0.2) is 10.8 Å². The van der Waals surface area contributed by atoms with E-state index in [1.165, 1.54) is 25.8 Å². The number of nitrogen functional groups attached to an aromatic ring is 1. The van der Waals surface area contributed by atoms with E-state index in [1.54, 1.807) is 18.3 Å². The zero-order valence-electron chi connectivity index (χ0n) is 11.6. The maximum atomic E-state index is 12.6. The first-order chi connectivity index (χ1) is 9.78. The van der Waals surface area contributed by atoms with Crippen molar-refractivity contribution in [2.24, 2.45) is 5.84 Å². The molecule has 0 aliphatic carbocycles. The molecule has 1 aromatic heterocycles. The number of rotatable bonds is 2. The van der Waals surface area contributed by atoms with Gasteiger partial charge in [0.25, 0.3) is 5.91 Å². The monoisotopic (exact) mass is 275 g/mol. The van der Waals surface area contributed by atoms with Gasteiger partial charge in [0.2, 0.25) is 0 Å². The lowest BCUT2D eigenvalue weighted by Gasteiger charge is -2.44. The number of nitrogens with two attached hydrogens (primary N) is 1. The molecule has 3 rings (SSSR count). The van der Waals surface area contributed by atoms with E-state index < -0.39 is 0 Å². The van der Waals surface area contributed by atoms with Crippen LogP contribution in [0.4, 0.5) is 5.82 Å². The summed E-state index contributed by atoms with van der Waals surface area (Å²) in [6.45, 7) is 3.82. The molecule has 0 saturated carbocycles. The highest BCUT2D eigenvalue weighted by molar-refractivity contribution is 5.94. The van der Waals surface area contributed by atoms with Gasteiger partial charge >= 0.3 is 0 Å². The number of carbonyl (C=O) groups is 1. The zero-order chi connectivity index (χ0) is 13.9. The molecule has 2 aliphatic heterocycles. The number of hydrogen-bond acceptors (Lipinski definition) is 5. The van der Waals surface area contributed by atoms with E-state index in [1.807, 2.05) is 4.90 Å². The summed E-state index contributed by atoms with van der Waals surface area (Å²) in [6, 6.07) is 3.99. The molecule has 1 unspecified atom stereocenters. The van der Waals surface area contributed by atoms with Crippen molar-refractivity contribution < 1.29 is 4.79 Å². The number of pyridine rings is 1. The van der Waals surface area contributed by atoms with Crippen molar-refractivity contribution in [3.8, 4) is 0 Å². The number of nitrogens with zero attached hydrogens (tertiary/aromatic N) is 3. The third kappa shape index (κ3) is 2.62. The molecule has 2 aliphatic rings. The Kier molecular flexibility index (Phi) is 3.84. The van der Waals surface area contributed by atoms with E-state index in [0.29, 0.717) is 17.4 Å². The molecule has 2 fully saturated rings. The summed E-state index contributed by atoms with van der Waals surface area (Å²) >= 11 is 0. The quantitative estimate of drug-likeness (QED) is 0.613. The number of amides is 1. The molecule has 2 saturated heterocycles. The van der Waals surface area contributed by atoms with Crippen molar-refractivity contribution in [3.63, 3.8) is 0 Å². The molecular formula is C14H21N5O. The number of nitrogens with one attached hydrogen (secondary N) is 1. The Balaban J connectivity index is 1.70. The smallest absolute Gasteiger partial charge is 0.254 e. The second-order valence-corrected chi connectivity index (χ2v) is 5.51. The largest absolute Gasteiger partial charge is 0.336 e. The van der Waals surface area contributed by atoms with Gasteiger partial charge in [0, 0.05) is 37.4 Å². The highest BCUT2D eigenvalue weighted by Gasteiger charge is 2.31. The summed E-state index contributed by atoms with van der Waals surface area (Å²) in [7, 11) is 0. The molecule has 0 spiro atoms. The van der Waals surface area contributed by atoms with E-state index in [-0.39, 0.29) is 5.91 Å². The number of piperidine rings is 1. The maximum Gasteiger partial charge on any atom is 0.254 e. The van der Waals surface area contributed by atoms with Crippen molar-refractivity contribution in [2.75, 3.05) is 31.6 Å². The second-order valence-electron chi connectivity index (χ2n) is 5.51. The third-order valence-corrected chi connectivity index (χ3v) is 4.28. The van der Waals surface area contributed by atoms with Crippen LogP contribution in [0.2, 0.25) is 0 Å². The van der Waals surface area contributed by atoms with Crippen molar-refractivity contribution in [1.82, 2.24) is 14.8 Å². The van der Waals surface area contributed by atoms with Gasteiger partial charge in [0.1, 0.15) is 5.82 Å². The van der Waals surface area contributed by atoms with Crippen LogP contribution in [0.1, 0.15) is 29.6 Å². The Morgan fingerprint density at radius 2 is 2.25 bits per heavy atom. The maximum absolute atomic E-state index is 12.6. The number of aromatic nitrogens is 1. The molecule has 20 heavy (non-hydrogen) atoms. The second kappa shape index (κ2) is 5.76. The van der Waals surface area contributed by atoms with Crippen molar-refractivity contribution in [1.29, 1.82) is 0 Å². The summed E-state index contributed by atoms with van der Waals surface area (Å²) in [4.78, 5) is 21.1. The molecule has 6 heteroatoms. The lowest BCUT2D eigenvalue weighted by molar-refractivity contribution is 0.0372. The molecule has 0 bridgehead atoms. The summed E-state index contributed by atoms with van der Waals surface area (Å²) in [6.07, 6.45) is 5.38. The predicted octanol–water partition coefficient (Wildman–Crippen LogP) is 0.678. The number of hydrogen-bond donors (Lipinski definition) is 2. The fraction of sp³-hybridized carbons (Fsp3) is 0.571. The standard InChI is InChI=1S/C14H21N5O/c15-17-13-9-11(4-5-16-13)14(20)19-8-7-18-6-2-1-3-12(18)10-19/h4-5,9,12H,1-3,6-8,10,15H2,(H,16,17). The van der Waals surface area contributed by atoms with Crippen molar-refractivity contribution >= 4 is 11.7 Å². The molecule has 108 valence electrons. The van der Waals surface area contributed by atoms with Gasteiger partial charge < -0.3 is 10.3 Å². The first-order valence-corrected chi connectivity index (χ1v) is 7.24. The fourth-order valence-electron chi connectivity index (χ4n) is 3.17. The topological polar surface area (TPSA) is 74.5 Å². The highest BCUT2D eigenvalue weighted by atomic mass is 16.2.